The van der Waals surface area contributed by atoms with E-state index in [2.05, 4.69) is 15.6 Å². The average molecular weight is 495 g/mol. The van der Waals surface area contributed by atoms with E-state index in [0.717, 1.165) is 20.2 Å². The first-order chi connectivity index (χ1) is 16.3. The predicted molar refractivity (Wildman–Crippen MR) is 130 cm³/mol. The van der Waals surface area contributed by atoms with Gasteiger partial charge in [0.25, 0.3) is 10.0 Å². The molecule has 3 aromatic heterocycles. The number of nitrogens with zero attached hydrogens (tertiary/aromatic N) is 2. The summed E-state index contributed by atoms with van der Waals surface area (Å²) < 4.78 is 27.2. The minimum absolute atomic E-state index is 0.166. The zero-order valence-corrected chi connectivity index (χ0v) is 19.1. The number of nitrogens with one attached hydrogen (secondary N) is 2. The Labute approximate surface area is 199 Å². The van der Waals surface area contributed by atoms with Gasteiger partial charge >= 0.3 is 6.09 Å². The Hall–Kier alpha value is -4.22. The Kier molecular flexibility index (Phi) is 6.57. The maximum Gasteiger partial charge on any atom is 0.409 e. The second kappa shape index (κ2) is 9.73. The first kappa shape index (κ1) is 23.0. The van der Waals surface area contributed by atoms with Crippen LogP contribution in [0.5, 0.6) is 0 Å². The molecule has 0 saturated heterocycles. The zero-order valence-electron chi connectivity index (χ0n) is 17.5. The number of carbonyl (C=O) groups is 2. The predicted octanol–water partition coefficient (Wildman–Crippen LogP) is 4.59. The summed E-state index contributed by atoms with van der Waals surface area (Å²) in [5.74, 6) is -0.506. The van der Waals surface area contributed by atoms with Crippen LogP contribution in [-0.4, -0.2) is 34.5 Å². The third kappa shape index (κ3) is 5.22. The minimum Gasteiger partial charge on any atom is -0.465 e. The maximum atomic E-state index is 13.0. The number of hydrogen-bond donors (Lipinski definition) is 3. The highest BCUT2D eigenvalue weighted by molar-refractivity contribution is 7.92. The van der Waals surface area contributed by atoms with Crippen molar-refractivity contribution in [1.82, 2.24) is 8.96 Å². The van der Waals surface area contributed by atoms with Gasteiger partial charge in [-0.2, -0.15) is 8.42 Å². The van der Waals surface area contributed by atoms with E-state index in [4.69, 9.17) is 5.11 Å². The molecule has 0 unspecified atom stereocenters. The van der Waals surface area contributed by atoms with E-state index in [-0.39, 0.29) is 9.90 Å². The van der Waals surface area contributed by atoms with Crippen LogP contribution in [0.4, 0.5) is 16.2 Å². The molecule has 172 valence electrons. The van der Waals surface area contributed by atoms with Crippen LogP contribution >= 0.6 is 11.3 Å². The van der Waals surface area contributed by atoms with E-state index in [1.807, 2.05) is 12.1 Å². The highest BCUT2D eigenvalue weighted by Gasteiger charge is 2.20. The van der Waals surface area contributed by atoms with Gasteiger partial charge in [-0.1, -0.05) is 18.2 Å². The van der Waals surface area contributed by atoms with E-state index in [1.54, 1.807) is 42.6 Å². The lowest BCUT2D eigenvalue weighted by Gasteiger charge is -2.08. The monoisotopic (exact) mass is 494 g/mol. The van der Waals surface area contributed by atoms with Crippen molar-refractivity contribution in [2.75, 3.05) is 10.6 Å². The Balaban J connectivity index is 1.47. The fourth-order valence-electron chi connectivity index (χ4n) is 3.01. The van der Waals surface area contributed by atoms with Crippen molar-refractivity contribution in [3.05, 3.63) is 90.9 Å². The summed E-state index contributed by atoms with van der Waals surface area (Å²) in [6, 6.07) is 16.6. The van der Waals surface area contributed by atoms with E-state index in [9.17, 15) is 18.0 Å². The molecule has 0 aliphatic heterocycles. The second-order valence-electron chi connectivity index (χ2n) is 6.91. The van der Waals surface area contributed by atoms with Crippen LogP contribution in [0.2, 0.25) is 0 Å². The van der Waals surface area contributed by atoms with Crippen LogP contribution in [0.3, 0.4) is 0 Å². The first-order valence-corrected chi connectivity index (χ1v) is 12.1. The van der Waals surface area contributed by atoms with E-state index >= 15 is 0 Å². The van der Waals surface area contributed by atoms with Crippen molar-refractivity contribution in [2.24, 2.45) is 0 Å². The molecule has 3 heterocycles. The Morgan fingerprint density at radius 1 is 0.971 bits per heavy atom. The molecule has 4 rings (SSSR count). The molecule has 4 aromatic rings. The van der Waals surface area contributed by atoms with Crippen LogP contribution in [0.15, 0.2) is 89.5 Å². The molecule has 34 heavy (non-hydrogen) atoms. The van der Waals surface area contributed by atoms with Crippen molar-refractivity contribution in [1.29, 1.82) is 0 Å². The number of para-hydroxylation sites is 2. The van der Waals surface area contributed by atoms with Crippen molar-refractivity contribution >= 4 is 50.8 Å². The second-order valence-corrected chi connectivity index (χ2v) is 10.1. The third-order valence-corrected chi connectivity index (χ3v) is 7.79. The number of amides is 2. The number of thiophene rings is 1. The van der Waals surface area contributed by atoms with Gasteiger partial charge in [-0.3, -0.25) is 15.1 Å². The van der Waals surface area contributed by atoms with Gasteiger partial charge in [0.15, 0.2) is 0 Å². The maximum absolute atomic E-state index is 13.0. The largest absolute Gasteiger partial charge is 0.465 e. The summed E-state index contributed by atoms with van der Waals surface area (Å²) in [7, 11) is -3.80. The van der Waals surface area contributed by atoms with E-state index in [1.165, 1.54) is 36.7 Å². The summed E-state index contributed by atoms with van der Waals surface area (Å²) >= 11 is 1.12. The fourth-order valence-corrected chi connectivity index (χ4v) is 5.60. The molecular weight excluding hydrogens is 476 g/mol. The van der Waals surface area contributed by atoms with Crippen LogP contribution in [-0.2, 0) is 14.8 Å². The smallest absolute Gasteiger partial charge is 0.409 e. The summed E-state index contributed by atoms with van der Waals surface area (Å²) in [6.07, 6.45) is 5.89. The molecule has 9 nitrogen and oxygen atoms in total. The average Bonchev–Trinajstić information content (AvgIpc) is 3.50. The molecule has 0 saturated carbocycles. The molecule has 11 heteroatoms. The molecule has 0 radical (unpaired) electrons. The molecule has 0 spiro atoms. The van der Waals surface area contributed by atoms with Crippen molar-refractivity contribution in [3.8, 4) is 10.6 Å². The van der Waals surface area contributed by atoms with Gasteiger partial charge < -0.3 is 10.4 Å². The van der Waals surface area contributed by atoms with Gasteiger partial charge in [0, 0.05) is 24.7 Å². The molecule has 0 atom stereocenters. The molecule has 0 aliphatic rings. The van der Waals surface area contributed by atoms with Gasteiger partial charge in [0.1, 0.15) is 4.21 Å². The molecule has 0 bridgehead atoms. The number of carbonyl (C=O) groups excluding carboxylic acids is 1. The summed E-state index contributed by atoms with van der Waals surface area (Å²) in [6.45, 7) is 0. The normalized spacial score (nSPS) is 11.4. The standard InChI is InChI=1S/C23H18N4O5S2/c28-21(25-17-5-1-2-6-18(17)26-23(29)30)10-8-16-12-14-27(15-16)34(31,32)22-11-9-20(33-22)19-7-3-4-13-24-19/h1-15,26H,(H,25,28)(H,29,30)/b10-8+. The highest BCUT2D eigenvalue weighted by Crippen LogP contribution is 2.30. The van der Waals surface area contributed by atoms with Crippen molar-refractivity contribution in [3.63, 3.8) is 0 Å². The molecular formula is C23H18N4O5S2. The number of carboxylic acid groups (broad SMARTS) is 1. The van der Waals surface area contributed by atoms with Gasteiger partial charge in [-0.15, -0.1) is 11.3 Å². The summed E-state index contributed by atoms with van der Waals surface area (Å²) in [4.78, 5) is 28.1. The van der Waals surface area contributed by atoms with Crippen LogP contribution < -0.4 is 10.6 Å². The summed E-state index contributed by atoms with van der Waals surface area (Å²) in [5.41, 5.74) is 1.71. The van der Waals surface area contributed by atoms with Crippen LogP contribution in [0, 0.1) is 0 Å². The Morgan fingerprint density at radius 3 is 2.41 bits per heavy atom. The lowest BCUT2D eigenvalue weighted by atomic mass is 10.2. The topological polar surface area (TPSA) is 130 Å². The number of pyridine rings is 1. The zero-order chi connectivity index (χ0) is 24.1. The lowest BCUT2D eigenvalue weighted by molar-refractivity contribution is -0.111. The molecule has 3 N–H and O–H groups in total. The summed E-state index contributed by atoms with van der Waals surface area (Å²) in [5, 5.41) is 13.7. The van der Waals surface area contributed by atoms with Gasteiger partial charge in [0.05, 0.1) is 21.9 Å². The number of aromatic nitrogens is 2. The molecule has 2 amide bonds. The van der Waals surface area contributed by atoms with Gasteiger partial charge in [0.2, 0.25) is 5.91 Å². The van der Waals surface area contributed by atoms with Crippen LogP contribution in [0.25, 0.3) is 16.6 Å². The van der Waals surface area contributed by atoms with Gasteiger partial charge in [-0.05, 0) is 54.1 Å². The quantitative estimate of drug-likeness (QED) is 0.322. The Bertz CT molecular complexity index is 1470. The van der Waals surface area contributed by atoms with E-state index < -0.39 is 22.0 Å². The number of hydrogen-bond acceptors (Lipinski definition) is 6. The Morgan fingerprint density at radius 2 is 1.71 bits per heavy atom. The van der Waals surface area contributed by atoms with Gasteiger partial charge in [-0.25, -0.2) is 8.77 Å². The number of anilines is 2. The number of benzene rings is 1. The van der Waals surface area contributed by atoms with Crippen molar-refractivity contribution in [2.45, 2.75) is 4.21 Å². The number of rotatable bonds is 7. The SMILES string of the molecule is O=C(O)Nc1ccccc1NC(=O)/C=C/c1ccn(S(=O)(=O)c2ccc(-c3ccccn3)s2)c1. The fraction of sp³-hybridized carbons (Fsp3) is 0. The first-order valence-electron chi connectivity index (χ1n) is 9.86. The minimum atomic E-state index is -3.80. The lowest BCUT2D eigenvalue weighted by Crippen LogP contribution is -2.13. The highest BCUT2D eigenvalue weighted by atomic mass is 32.2. The molecule has 0 fully saturated rings. The molecule has 1 aromatic carbocycles. The third-order valence-electron chi connectivity index (χ3n) is 4.57. The van der Waals surface area contributed by atoms with E-state index in [0.29, 0.717) is 16.9 Å². The molecule has 0 aliphatic carbocycles. The van der Waals surface area contributed by atoms with Crippen molar-refractivity contribution < 1.29 is 23.1 Å². The van der Waals surface area contributed by atoms with Crippen LogP contribution in [0.1, 0.15) is 5.56 Å².